The molecule has 1 atom stereocenters. The van der Waals surface area contributed by atoms with Gasteiger partial charge in [0.05, 0.1) is 18.6 Å². The lowest BCUT2D eigenvalue weighted by atomic mass is 9.85. The molecule has 1 spiro atoms. The van der Waals surface area contributed by atoms with Crippen LogP contribution in [0.1, 0.15) is 6.42 Å². The van der Waals surface area contributed by atoms with Crippen molar-refractivity contribution in [1.82, 2.24) is 14.3 Å². The van der Waals surface area contributed by atoms with Crippen LogP contribution in [0.4, 0.5) is 0 Å². The fraction of sp³-hybridized carbons (Fsp3) is 0.667. The van der Waals surface area contributed by atoms with Crippen molar-refractivity contribution in [2.45, 2.75) is 11.2 Å². The molecule has 0 bridgehead atoms. The van der Waals surface area contributed by atoms with Crippen LogP contribution in [-0.4, -0.2) is 67.6 Å². The van der Waals surface area contributed by atoms with Gasteiger partial charge in [0.1, 0.15) is 4.75 Å². The first kappa shape index (κ1) is 15.6. The van der Waals surface area contributed by atoms with Crippen LogP contribution in [0, 0.1) is 5.92 Å². The Bertz CT molecular complexity index is 757. The number of sulfone groups is 1. The zero-order chi connectivity index (χ0) is 16.0. The summed E-state index contributed by atoms with van der Waals surface area (Å²) in [6, 6.07) is 1.85. The Morgan fingerprint density at radius 1 is 1.36 bits per heavy atom. The van der Waals surface area contributed by atoms with E-state index < -0.39 is 24.6 Å². The van der Waals surface area contributed by atoms with Gasteiger partial charge in [-0.1, -0.05) is 0 Å². The van der Waals surface area contributed by atoms with Crippen molar-refractivity contribution in [3.05, 3.63) is 18.5 Å². The van der Waals surface area contributed by atoms with Crippen molar-refractivity contribution in [3.63, 3.8) is 0 Å². The molecule has 22 heavy (non-hydrogen) atoms. The molecule has 0 aromatic carbocycles. The van der Waals surface area contributed by atoms with Gasteiger partial charge in [0, 0.05) is 31.4 Å². The van der Waals surface area contributed by atoms with Gasteiger partial charge in [-0.15, -0.1) is 0 Å². The normalized spacial score (nSPS) is 26.7. The molecule has 0 aliphatic carbocycles. The highest BCUT2D eigenvalue weighted by atomic mass is 32.2. The van der Waals surface area contributed by atoms with E-state index in [-0.39, 0.29) is 37.4 Å². The van der Waals surface area contributed by atoms with E-state index in [1.807, 2.05) is 0 Å². The molecule has 3 heterocycles. The van der Waals surface area contributed by atoms with Crippen LogP contribution in [0.15, 0.2) is 18.5 Å². The molecule has 10 heteroatoms. The maximum absolute atomic E-state index is 12.4. The first-order chi connectivity index (χ1) is 10.2. The lowest BCUT2D eigenvalue weighted by Crippen LogP contribution is -2.68. The molecule has 1 aromatic rings. The third-order valence-electron chi connectivity index (χ3n) is 4.41. The smallest absolute Gasteiger partial charge is 0.316 e. The summed E-state index contributed by atoms with van der Waals surface area (Å²) in [5.41, 5.74) is 0. The lowest BCUT2D eigenvalue weighted by molar-refractivity contribution is 0.121. The number of hydrogen-bond acceptors (Lipinski definition) is 7. The summed E-state index contributed by atoms with van der Waals surface area (Å²) in [5.74, 6) is -0.187. The monoisotopic (exact) mass is 347 g/mol. The number of aromatic nitrogens is 2. The predicted molar refractivity (Wildman–Crippen MR) is 78.6 cm³/mol. The van der Waals surface area contributed by atoms with Gasteiger partial charge < -0.3 is 4.74 Å². The molecule has 2 saturated heterocycles. The molecule has 2 aliphatic rings. The van der Waals surface area contributed by atoms with Crippen molar-refractivity contribution in [1.29, 1.82) is 0 Å². The van der Waals surface area contributed by atoms with Crippen LogP contribution in [0.25, 0.3) is 0 Å². The summed E-state index contributed by atoms with van der Waals surface area (Å²) in [6.07, 6.45) is 4.63. The summed E-state index contributed by atoms with van der Waals surface area (Å²) in [4.78, 5) is 7.87. The van der Waals surface area contributed by atoms with E-state index in [1.165, 1.54) is 16.7 Å². The topological polar surface area (TPSA) is 107 Å². The molecule has 0 amide bonds. The van der Waals surface area contributed by atoms with E-state index >= 15 is 0 Å². The maximum atomic E-state index is 12.4. The average Bonchev–Trinajstić information content (AvgIpc) is 2.66. The highest BCUT2D eigenvalue weighted by molar-refractivity contribution is 7.93. The van der Waals surface area contributed by atoms with Crippen molar-refractivity contribution < 1.29 is 21.6 Å². The lowest BCUT2D eigenvalue weighted by Gasteiger charge is -2.48. The van der Waals surface area contributed by atoms with Gasteiger partial charge >= 0.3 is 6.01 Å². The molecule has 122 valence electrons. The van der Waals surface area contributed by atoms with Crippen LogP contribution in [0.2, 0.25) is 0 Å². The summed E-state index contributed by atoms with van der Waals surface area (Å²) < 4.78 is 53.4. The second-order valence-corrected chi connectivity index (χ2v) is 10.2. The van der Waals surface area contributed by atoms with Crippen molar-refractivity contribution in [3.8, 4) is 6.01 Å². The van der Waals surface area contributed by atoms with Gasteiger partial charge in [-0.3, -0.25) is 0 Å². The summed E-state index contributed by atoms with van der Waals surface area (Å²) in [6.45, 7) is 0.191. The van der Waals surface area contributed by atoms with Crippen LogP contribution in [0.3, 0.4) is 0 Å². The Balaban J connectivity index is 1.75. The fourth-order valence-corrected chi connectivity index (χ4v) is 6.52. The van der Waals surface area contributed by atoms with E-state index in [4.69, 9.17) is 4.74 Å². The second-order valence-electron chi connectivity index (χ2n) is 5.74. The number of nitrogens with zero attached hydrogens (tertiary/aromatic N) is 3. The fourth-order valence-electron chi connectivity index (χ4n) is 3.03. The first-order valence-corrected chi connectivity index (χ1v) is 10.3. The molecular formula is C12H17N3O5S2. The third kappa shape index (κ3) is 2.48. The zero-order valence-corrected chi connectivity index (χ0v) is 13.7. The summed E-state index contributed by atoms with van der Waals surface area (Å²) in [7, 11) is -6.69. The van der Waals surface area contributed by atoms with E-state index in [0.717, 1.165) is 6.26 Å². The molecule has 0 saturated carbocycles. The second kappa shape index (κ2) is 5.14. The van der Waals surface area contributed by atoms with Crippen LogP contribution in [-0.2, 0) is 19.9 Å². The number of rotatable bonds is 4. The van der Waals surface area contributed by atoms with Gasteiger partial charge in [0.2, 0.25) is 10.0 Å². The first-order valence-electron chi connectivity index (χ1n) is 6.82. The summed E-state index contributed by atoms with van der Waals surface area (Å²) >= 11 is 0. The van der Waals surface area contributed by atoms with Crippen molar-refractivity contribution in [2.75, 3.05) is 31.7 Å². The van der Waals surface area contributed by atoms with E-state index in [2.05, 4.69) is 9.97 Å². The Hall–Kier alpha value is -1.26. The van der Waals surface area contributed by atoms with Gasteiger partial charge in [-0.05, 0) is 12.5 Å². The Morgan fingerprint density at radius 2 is 2.00 bits per heavy atom. The van der Waals surface area contributed by atoms with Crippen molar-refractivity contribution >= 4 is 19.9 Å². The van der Waals surface area contributed by atoms with E-state index in [1.54, 1.807) is 6.07 Å². The molecule has 1 aromatic heterocycles. The minimum atomic E-state index is -3.37. The standard InChI is InChI=1S/C12H17N3O5S2/c1-21(16,17)15-8-12(9-15)10(3-6-22(12,18)19)7-20-11-13-4-2-5-14-11/h2,4-5,10H,3,6-9H2,1H3. The third-order valence-corrected chi connectivity index (χ3v) is 8.21. The zero-order valence-electron chi connectivity index (χ0n) is 12.0. The average molecular weight is 347 g/mol. The quantitative estimate of drug-likeness (QED) is 0.709. The Morgan fingerprint density at radius 3 is 2.59 bits per heavy atom. The molecular weight excluding hydrogens is 330 g/mol. The molecule has 1 unspecified atom stereocenters. The number of ether oxygens (including phenoxy) is 1. The Labute approximate surface area is 129 Å². The summed E-state index contributed by atoms with van der Waals surface area (Å²) in [5, 5.41) is 0. The van der Waals surface area contributed by atoms with Crippen molar-refractivity contribution in [2.24, 2.45) is 5.92 Å². The maximum Gasteiger partial charge on any atom is 0.316 e. The van der Waals surface area contributed by atoms with Gasteiger partial charge in [0.15, 0.2) is 9.84 Å². The molecule has 2 aliphatic heterocycles. The molecule has 8 nitrogen and oxygen atoms in total. The minimum absolute atomic E-state index is 0.0117. The van der Waals surface area contributed by atoms with Gasteiger partial charge in [0.25, 0.3) is 0 Å². The predicted octanol–water partition coefficient (Wildman–Crippen LogP) is -0.696. The molecule has 0 radical (unpaired) electrons. The van der Waals surface area contributed by atoms with E-state index in [9.17, 15) is 16.8 Å². The van der Waals surface area contributed by atoms with E-state index in [0.29, 0.717) is 6.42 Å². The van der Waals surface area contributed by atoms with Gasteiger partial charge in [-0.25, -0.2) is 26.8 Å². The highest BCUT2D eigenvalue weighted by Crippen LogP contribution is 2.45. The number of hydrogen-bond donors (Lipinski definition) is 0. The molecule has 2 fully saturated rings. The number of sulfonamides is 1. The largest absolute Gasteiger partial charge is 0.463 e. The SMILES string of the molecule is CS(=O)(=O)N1CC2(C1)C(COc1ncccn1)CCS2(=O)=O. The molecule has 0 N–H and O–H groups in total. The minimum Gasteiger partial charge on any atom is -0.463 e. The Kier molecular flexibility index (Phi) is 3.65. The van der Waals surface area contributed by atoms with Gasteiger partial charge in [-0.2, -0.15) is 4.31 Å². The van der Waals surface area contributed by atoms with Crippen LogP contribution >= 0.6 is 0 Å². The van der Waals surface area contributed by atoms with Crippen LogP contribution in [0.5, 0.6) is 6.01 Å². The van der Waals surface area contributed by atoms with Crippen LogP contribution < -0.4 is 4.74 Å². The molecule has 3 rings (SSSR count). The highest BCUT2D eigenvalue weighted by Gasteiger charge is 2.63.